The summed E-state index contributed by atoms with van der Waals surface area (Å²) in [5.74, 6) is 0.783. The van der Waals surface area contributed by atoms with Gasteiger partial charge in [-0.3, -0.25) is 4.90 Å². The van der Waals surface area contributed by atoms with E-state index >= 15 is 0 Å². The SMILES string of the molecule is COc1cccc(C(O)CNC2CCN(Cc3ccccc3)CC2)c1. The van der Waals surface area contributed by atoms with Gasteiger partial charge in [-0.25, -0.2) is 0 Å². The van der Waals surface area contributed by atoms with Crippen LogP contribution < -0.4 is 10.1 Å². The fourth-order valence-corrected chi connectivity index (χ4v) is 3.38. The molecule has 0 aromatic heterocycles. The Kier molecular flexibility index (Phi) is 6.45. The van der Waals surface area contributed by atoms with Crippen LogP contribution in [0, 0.1) is 0 Å². The number of nitrogens with zero attached hydrogens (tertiary/aromatic N) is 1. The smallest absolute Gasteiger partial charge is 0.119 e. The van der Waals surface area contributed by atoms with Crippen LogP contribution in [0.1, 0.15) is 30.1 Å². The molecule has 1 heterocycles. The quantitative estimate of drug-likeness (QED) is 0.813. The van der Waals surface area contributed by atoms with Crippen molar-refractivity contribution in [1.82, 2.24) is 10.2 Å². The number of likely N-dealkylation sites (tertiary alicyclic amines) is 1. The van der Waals surface area contributed by atoms with Gasteiger partial charge in [0, 0.05) is 19.1 Å². The van der Waals surface area contributed by atoms with Crippen molar-refractivity contribution in [3.63, 3.8) is 0 Å². The fraction of sp³-hybridized carbons (Fsp3) is 0.429. The highest BCUT2D eigenvalue weighted by Gasteiger charge is 2.20. The van der Waals surface area contributed by atoms with Crippen molar-refractivity contribution in [2.75, 3.05) is 26.7 Å². The summed E-state index contributed by atoms with van der Waals surface area (Å²) < 4.78 is 5.22. The molecule has 1 saturated heterocycles. The van der Waals surface area contributed by atoms with E-state index in [0.29, 0.717) is 12.6 Å². The molecule has 4 nitrogen and oxygen atoms in total. The van der Waals surface area contributed by atoms with Crippen LogP contribution in [0.5, 0.6) is 5.75 Å². The maximum atomic E-state index is 10.4. The van der Waals surface area contributed by atoms with E-state index in [2.05, 4.69) is 40.5 Å². The van der Waals surface area contributed by atoms with Crippen molar-refractivity contribution in [3.05, 3.63) is 65.7 Å². The predicted octanol–water partition coefficient (Wildman–Crippen LogP) is 2.98. The molecule has 0 bridgehead atoms. The minimum atomic E-state index is -0.502. The summed E-state index contributed by atoms with van der Waals surface area (Å²) in [5.41, 5.74) is 2.27. The minimum absolute atomic E-state index is 0.479. The van der Waals surface area contributed by atoms with Crippen LogP contribution in [-0.4, -0.2) is 42.8 Å². The molecule has 1 aliphatic heterocycles. The molecule has 25 heavy (non-hydrogen) atoms. The second kappa shape index (κ2) is 8.99. The molecule has 1 unspecified atom stereocenters. The topological polar surface area (TPSA) is 44.7 Å². The molecule has 2 N–H and O–H groups in total. The average molecular weight is 340 g/mol. The summed E-state index contributed by atoms with van der Waals surface area (Å²) in [7, 11) is 1.65. The number of rotatable bonds is 7. The van der Waals surface area contributed by atoms with Gasteiger partial charge in [0.2, 0.25) is 0 Å². The third kappa shape index (κ3) is 5.30. The van der Waals surface area contributed by atoms with Crippen LogP contribution >= 0.6 is 0 Å². The number of hydrogen-bond donors (Lipinski definition) is 2. The maximum absolute atomic E-state index is 10.4. The Morgan fingerprint density at radius 1 is 1.12 bits per heavy atom. The highest BCUT2D eigenvalue weighted by atomic mass is 16.5. The Morgan fingerprint density at radius 2 is 1.88 bits per heavy atom. The second-order valence-electron chi connectivity index (χ2n) is 6.74. The Labute approximate surface area is 150 Å². The zero-order valence-electron chi connectivity index (χ0n) is 14.9. The number of nitrogens with one attached hydrogen (secondary N) is 1. The van der Waals surface area contributed by atoms with Gasteiger partial charge in [-0.05, 0) is 49.2 Å². The maximum Gasteiger partial charge on any atom is 0.119 e. The molecule has 4 heteroatoms. The molecular formula is C21H28N2O2. The molecule has 0 saturated carbocycles. The summed E-state index contributed by atoms with van der Waals surface area (Å²) in [6, 6.07) is 18.8. The molecule has 0 aliphatic carbocycles. The first kappa shape index (κ1) is 17.9. The van der Waals surface area contributed by atoms with Crippen LogP contribution in [0.25, 0.3) is 0 Å². The molecule has 3 rings (SSSR count). The van der Waals surface area contributed by atoms with Crippen LogP contribution in [-0.2, 0) is 6.54 Å². The highest BCUT2D eigenvalue weighted by Crippen LogP contribution is 2.19. The van der Waals surface area contributed by atoms with E-state index in [4.69, 9.17) is 4.74 Å². The number of piperidine rings is 1. The summed E-state index contributed by atoms with van der Waals surface area (Å²) in [6.45, 7) is 3.81. The number of benzene rings is 2. The normalized spacial score (nSPS) is 17.4. The Morgan fingerprint density at radius 3 is 2.60 bits per heavy atom. The van der Waals surface area contributed by atoms with Crippen molar-refractivity contribution >= 4 is 0 Å². The van der Waals surface area contributed by atoms with E-state index in [1.165, 1.54) is 5.56 Å². The molecule has 1 atom stereocenters. The van der Waals surface area contributed by atoms with Gasteiger partial charge < -0.3 is 15.2 Å². The van der Waals surface area contributed by atoms with Gasteiger partial charge in [0.1, 0.15) is 5.75 Å². The van der Waals surface area contributed by atoms with Crippen LogP contribution in [0.15, 0.2) is 54.6 Å². The molecule has 0 amide bonds. The highest BCUT2D eigenvalue weighted by molar-refractivity contribution is 5.29. The largest absolute Gasteiger partial charge is 0.497 e. The Balaban J connectivity index is 1.41. The third-order valence-electron chi connectivity index (χ3n) is 4.92. The van der Waals surface area contributed by atoms with Gasteiger partial charge in [-0.15, -0.1) is 0 Å². The van der Waals surface area contributed by atoms with Gasteiger partial charge >= 0.3 is 0 Å². The van der Waals surface area contributed by atoms with Gasteiger partial charge in [0.15, 0.2) is 0 Å². The number of aliphatic hydroxyl groups excluding tert-OH is 1. The second-order valence-corrected chi connectivity index (χ2v) is 6.74. The monoisotopic (exact) mass is 340 g/mol. The first-order valence-electron chi connectivity index (χ1n) is 9.06. The van der Waals surface area contributed by atoms with Crippen LogP contribution in [0.4, 0.5) is 0 Å². The van der Waals surface area contributed by atoms with Gasteiger partial charge in [0.25, 0.3) is 0 Å². The van der Waals surface area contributed by atoms with E-state index in [9.17, 15) is 5.11 Å². The third-order valence-corrected chi connectivity index (χ3v) is 4.92. The summed E-state index contributed by atoms with van der Waals surface area (Å²) in [4.78, 5) is 2.51. The zero-order chi connectivity index (χ0) is 17.5. The number of ether oxygens (including phenoxy) is 1. The van der Waals surface area contributed by atoms with Gasteiger partial charge in [-0.2, -0.15) is 0 Å². The number of aliphatic hydroxyl groups is 1. The average Bonchev–Trinajstić information content (AvgIpc) is 2.68. The van der Waals surface area contributed by atoms with Crippen molar-refractivity contribution in [2.24, 2.45) is 0 Å². The van der Waals surface area contributed by atoms with Crippen LogP contribution in [0.3, 0.4) is 0 Å². The summed E-state index contributed by atoms with van der Waals surface area (Å²) >= 11 is 0. The summed E-state index contributed by atoms with van der Waals surface area (Å²) in [5, 5.41) is 13.9. The van der Waals surface area contributed by atoms with Crippen molar-refractivity contribution in [3.8, 4) is 5.75 Å². The van der Waals surface area contributed by atoms with Crippen molar-refractivity contribution in [2.45, 2.75) is 31.5 Å². The van der Waals surface area contributed by atoms with E-state index in [1.54, 1.807) is 7.11 Å². The molecule has 1 aliphatic rings. The van der Waals surface area contributed by atoms with Gasteiger partial charge in [-0.1, -0.05) is 42.5 Å². The van der Waals surface area contributed by atoms with E-state index in [1.807, 2.05) is 24.3 Å². The van der Waals surface area contributed by atoms with E-state index < -0.39 is 6.10 Å². The molecule has 0 radical (unpaired) electrons. The van der Waals surface area contributed by atoms with Gasteiger partial charge in [0.05, 0.1) is 13.2 Å². The lowest BCUT2D eigenvalue weighted by molar-refractivity contribution is 0.149. The lowest BCUT2D eigenvalue weighted by atomic mass is 10.0. The summed E-state index contributed by atoms with van der Waals surface area (Å²) in [6.07, 6.45) is 1.74. The van der Waals surface area contributed by atoms with E-state index in [-0.39, 0.29) is 0 Å². The number of methoxy groups -OCH3 is 1. The van der Waals surface area contributed by atoms with E-state index in [0.717, 1.165) is 43.8 Å². The van der Waals surface area contributed by atoms with Crippen LogP contribution in [0.2, 0.25) is 0 Å². The lowest BCUT2D eigenvalue weighted by Crippen LogP contribution is -2.43. The zero-order valence-corrected chi connectivity index (χ0v) is 14.9. The number of hydrogen-bond acceptors (Lipinski definition) is 4. The Hall–Kier alpha value is -1.88. The fourth-order valence-electron chi connectivity index (χ4n) is 3.38. The molecule has 0 spiro atoms. The first-order chi connectivity index (χ1) is 12.2. The molecular weight excluding hydrogens is 312 g/mol. The molecule has 2 aromatic rings. The predicted molar refractivity (Wildman–Crippen MR) is 101 cm³/mol. The van der Waals surface area contributed by atoms with Crippen molar-refractivity contribution < 1.29 is 9.84 Å². The Bertz CT molecular complexity index is 639. The molecule has 2 aromatic carbocycles. The molecule has 134 valence electrons. The van der Waals surface area contributed by atoms with Crippen molar-refractivity contribution in [1.29, 1.82) is 0 Å². The first-order valence-corrected chi connectivity index (χ1v) is 9.06. The molecule has 1 fully saturated rings. The minimum Gasteiger partial charge on any atom is -0.497 e. The lowest BCUT2D eigenvalue weighted by Gasteiger charge is -2.33. The standard InChI is InChI=1S/C21H28N2O2/c1-25-20-9-5-8-18(14-20)21(24)15-22-19-10-12-23(13-11-19)16-17-6-3-2-4-7-17/h2-9,14,19,21-22,24H,10-13,15-16H2,1H3.